The van der Waals surface area contributed by atoms with Gasteiger partial charge in [0.05, 0.1) is 16.6 Å². The third-order valence-corrected chi connectivity index (χ3v) is 3.94. The summed E-state index contributed by atoms with van der Waals surface area (Å²) in [7, 11) is 0. The summed E-state index contributed by atoms with van der Waals surface area (Å²) >= 11 is 0. The molecule has 0 unspecified atom stereocenters. The molecule has 0 saturated heterocycles. The summed E-state index contributed by atoms with van der Waals surface area (Å²) in [6, 6.07) is 9.43. The first-order chi connectivity index (χ1) is 12.7. The van der Waals surface area contributed by atoms with E-state index in [4.69, 9.17) is 0 Å². The minimum absolute atomic E-state index is 0.0487. The molecule has 0 bridgehead atoms. The van der Waals surface area contributed by atoms with Gasteiger partial charge in [-0.05, 0) is 12.1 Å². The normalized spacial score (nSPS) is 12.8. The Bertz CT molecular complexity index is 1150. The van der Waals surface area contributed by atoms with Crippen molar-refractivity contribution in [3.8, 4) is 11.3 Å². The number of halogens is 6. The molecule has 0 aliphatic rings. The smallest absolute Gasteiger partial charge is 0.236 e. The molecule has 0 N–H and O–H groups in total. The third kappa shape index (κ3) is 2.86. The van der Waals surface area contributed by atoms with Crippen molar-refractivity contribution < 1.29 is 26.3 Å². The summed E-state index contributed by atoms with van der Waals surface area (Å²) in [6.45, 7) is 0. The van der Waals surface area contributed by atoms with Gasteiger partial charge in [0.2, 0.25) is 0 Å². The van der Waals surface area contributed by atoms with Gasteiger partial charge in [-0.2, -0.15) is 26.3 Å². The number of pyridine rings is 1. The number of aromatic nitrogens is 4. The van der Waals surface area contributed by atoms with Crippen LogP contribution >= 0.6 is 0 Å². The summed E-state index contributed by atoms with van der Waals surface area (Å²) in [4.78, 5) is 7.72. The third-order valence-electron chi connectivity index (χ3n) is 3.94. The van der Waals surface area contributed by atoms with E-state index in [1.165, 1.54) is 0 Å². The van der Waals surface area contributed by atoms with E-state index in [9.17, 15) is 26.3 Å². The molecule has 0 saturated carbocycles. The van der Waals surface area contributed by atoms with Gasteiger partial charge in [0, 0.05) is 11.8 Å². The van der Waals surface area contributed by atoms with E-state index >= 15 is 0 Å². The summed E-state index contributed by atoms with van der Waals surface area (Å²) in [5.74, 6) is 0. The molecule has 0 atom stereocenters. The highest BCUT2D eigenvalue weighted by atomic mass is 19.4. The van der Waals surface area contributed by atoms with E-state index in [-0.39, 0.29) is 5.69 Å². The van der Waals surface area contributed by atoms with Crippen LogP contribution in [-0.4, -0.2) is 19.6 Å². The second-order valence-electron chi connectivity index (χ2n) is 5.68. The Labute approximate surface area is 147 Å². The van der Waals surface area contributed by atoms with Crippen molar-refractivity contribution >= 4 is 16.7 Å². The Morgan fingerprint density at radius 1 is 0.852 bits per heavy atom. The van der Waals surface area contributed by atoms with E-state index in [2.05, 4.69) is 15.1 Å². The molecule has 3 aromatic heterocycles. The topological polar surface area (TPSA) is 43.1 Å². The summed E-state index contributed by atoms with van der Waals surface area (Å²) < 4.78 is 80.8. The first kappa shape index (κ1) is 17.3. The largest absolute Gasteiger partial charge is 0.433 e. The second kappa shape index (κ2) is 5.66. The SMILES string of the molecule is FC(F)(F)c1cc(-c2ccccc2)nc2nn3c(C(F)(F)F)ccnc3c12. The van der Waals surface area contributed by atoms with Crippen LogP contribution in [0.4, 0.5) is 26.3 Å². The molecule has 138 valence electrons. The molecule has 4 aromatic rings. The van der Waals surface area contributed by atoms with Gasteiger partial charge in [-0.15, -0.1) is 5.10 Å². The molecular formula is C17H8F6N4. The zero-order valence-corrected chi connectivity index (χ0v) is 13.2. The molecule has 3 heterocycles. The van der Waals surface area contributed by atoms with Gasteiger partial charge in [-0.25, -0.2) is 14.5 Å². The molecule has 0 amide bonds. The number of alkyl halides is 6. The molecule has 0 aliphatic carbocycles. The van der Waals surface area contributed by atoms with Crippen LogP contribution in [0, 0.1) is 0 Å². The Morgan fingerprint density at radius 2 is 1.56 bits per heavy atom. The van der Waals surface area contributed by atoms with Gasteiger partial charge < -0.3 is 0 Å². The Kier molecular flexibility index (Phi) is 3.62. The van der Waals surface area contributed by atoms with Crippen LogP contribution in [0.5, 0.6) is 0 Å². The number of nitrogens with zero attached hydrogens (tertiary/aromatic N) is 4. The fraction of sp³-hybridized carbons (Fsp3) is 0.118. The van der Waals surface area contributed by atoms with Crippen LogP contribution in [0.2, 0.25) is 0 Å². The van der Waals surface area contributed by atoms with E-state index in [0.717, 1.165) is 12.3 Å². The van der Waals surface area contributed by atoms with Crippen LogP contribution in [0.3, 0.4) is 0 Å². The molecule has 0 fully saturated rings. The van der Waals surface area contributed by atoms with Gasteiger partial charge in [-0.3, -0.25) is 0 Å². The minimum Gasteiger partial charge on any atom is -0.236 e. The van der Waals surface area contributed by atoms with Gasteiger partial charge in [0.15, 0.2) is 11.3 Å². The lowest BCUT2D eigenvalue weighted by atomic mass is 10.1. The van der Waals surface area contributed by atoms with Crippen LogP contribution in [0.25, 0.3) is 27.9 Å². The van der Waals surface area contributed by atoms with Crippen LogP contribution in [0.1, 0.15) is 11.3 Å². The minimum atomic E-state index is -4.83. The quantitative estimate of drug-likeness (QED) is 0.436. The molecule has 4 rings (SSSR count). The van der Waals surface area contributed by atoms with Crippen molar-refractivity contribution in [3.63, 3.8) is 0 Å². The number of benzene rings is 1. The van der Waals surface area contributed by atoms with Gasteiger partial charge in [0.1, 0.15) is 5.69 Å². The van der Waals surface area contributed by atoms with Crippen LogP contribution in [-0.2, 0) is 12.4 Å². The van der Waals surface area contributed by atoms with Crippen molar-refractivity contribution in [1.82, 2.24) is 19.6 Å². The van der Waals surface area contributed by atoms with Gasteiger partial charge in [0.25, 0.3) is 0 Å². The lowest BCUT2D eigenvalue weighted by Gasteiger charge is -2.10. The monoisotopic (exact) mass is 382 g/mol. The Morgan fingerprint density at radius 3 is 2.19 bits per heavy atom. The van der Waals surface area contributed by atoms with Gasteiger partial charge >= 0.3 is 12.4 Å². The fourth-order valence-corrected chi connectivity index (χ4v) is 2.80. The summed E-state index contributed by atoms with van der Waals surface area (Å²) in [5, 5.41) is 3.09. The highest BCUT2D eigenvalue weighted by molar-refractivity contribution is 5.94. The molecule has 0 radical (unpaired) electrons. The highest BCUT2D eigenvalue weighted by Gasteiger charge is 2.38. The lowest BCUT2D eigenvalue weighted by molar-refractivity contribution is -0.142. The Balaban J connectivity index is 2.13. The first-order valence-corrected chi connectivity index (χ1v) is 7.54. The highest BCUT2D eigenvalue weighted by Crippen LogP contribution is 2.39. The van der Waals surface area contributed by atoms with Crippen LogP contribution < -0.4 is 0 Å². The van der Waals surface area contributed by atoms with Crippen molar-refractivity contribution in [2.24, 2.45) is 0 Å². The average Bonchev–Trinajstić information content (AvgIpc) is 2.98. The molecule has 4 nitrogen and oxygen atoms in total. The summed E-state index contributed by atoms with van der Waals surface area (Å²) in [5.41, 5.74) is -3.07. The number of fused-ring (bicyclic) bond motifs is 3. The van der Waals surface area contributed by atoms with Crippen molar-refractivity contribution in [1.29, 1.82) is 0 Å². The van der Waals surface area contributed by atoms with Crippen molar-refractivity contribution in [2.45, 2.75) is 12.4 Å². The lowest BCUT2D eigenvalue weighted by Crippen LogP contribution is -2.12. The van der Waals surface area contributed by atoms with Crippen molar-refractivity contribution in [2.75, 3.05) is 0 Å². The Hall–Kier alpha value is -3.17. The van der Waals surface area contributed by atoms with E-state index in [1.807, 2.05) is 0 Å². The maximum Gasteiger partial charge on any atom is 0.433 e. The summed E-state index contributed by atoms with van der Waals surface area (Å²) in [6.07, 6.45) is -8.85. The number of rotatable bonds is 1. The van der Waals surface area contributed by atoms with E-state index in [0.29, 0.717) is 16.1 Å². The molecule has 0 aliphatic heterocycles. The predicted octanol–water partition coefficient (Wildman–Crippen LogP) is 4.98. The maximum absolute atomic E-state index is 13.6. The van der Waals surface area contributed by atoms with Crippen molar-refractivity contribution in [3.05, 3.63) is 59.9 Å². The average molecular weight is 382 g/mol. The first-order valence-electron chi connectivity index (χ1n) is 7.54. The number of hydrogen-bond acceptors (Lipinski definition) is 3. The van der Waals surface area contributed by atoms with E-state index in [1.54, 1.807) is 30.3 Å². The zero-order valence-electron chi connectivity index (χ0n) is 13.2. The van der Waals surface area contributed by atoms with E-state index < -0.39 is 40.3 Å². The molecule has 10 heteroatoms. The fourth-order valence-electron chi connectivity index (χ4n) is 2.80. The maximum atomic E-state index is 13.6. The molecular weight excluding hydrogens is 374 g/mol. The van der Waals surface area contributed by atoms with Crippen LogP contribution in [0.15, 0.2) is 48.7 Å². The molecule has 1 aromatic carbocycles. The molecule has 27 heavy (non-hydrogen) atoms. The van der Waals surface area contributed by atoms with Gasteiger partial charge in [-0.1, -0.05) is 30.3 Å². The molecule has 0 spiro atoms. The standard InChI is InChI=1S/C17H8F6N4/c18-16(19,20)10-8-11(9-4-2-1-3-5-9)25-14-13(10)15-24-7-6-12(17(21,22)23)27(15)26-14/h1-8H. The number of hydrogen-bond donors (Lipinski definition) is 0. The predicted molar refractivity (Wildman–Crippen MR) is 83.7 cm³/mol. The second-order valence-corrected chi connectivity index (χ2v) is 5.68. The zero-order chi connectivity index (χ0) is 19.4.